The van der Waals surface area contributed by atoms with E-state index in [0.29, 0.717) is 24.6 Å². The first-order valence-corrected chi connectivity index (χ1v) is 13.5. The molecule has 0 spiro atoms. The van der Waals surface area contributed by atoms with Crippen LogP contribution in [0.15, 0.2) is 29.0 Å². The van der Waals surface area contributed by atoms with Crippen LogP contribution >= 0.6 is 11.3 Å². The summed E-state index contributed by atoms with van der Waals surface area (Å²) in [6, 6.07) is 1.95. The minimum atomic E-state index is -2.64. The molecule has 9 heteroatoms. The van der Waals surface area contributed by atoms with Gasteiger partial charge in [0.05, 0.1) is 11.9 Å². The third-order valence-electron chi connectivity index (χ3n) is 7.21. The molecule has 4 N–H and O–H groups in total. The van der Waals surface area contributed by atoms with Crippen molar-refractivity contribution in [2.45, 2.75) is 89.8 Å². The van der Waals surface area contributed by atoms with Crippen LogP contribution in [0.25, 0.3) is 0 Å². The van der Waals surface area contributed by atoms with E-state index in [1.54, 1.807) is 18.3 Å². The second-order valence-electron chi connectivity index (χ2n) is 10.3. The number of carbonyl (C=O) groups excluding carboxylic acids is 1. The van der Waals surface area contributed by atoms with E-state index in [1.807, 2.05) is 35.6 Å². The smallest absolute Gasteiger partial charge is 0.248 e. The standard InChI is InChI=1S/C26H39F2N5OS/c1-16(2)24(30)33(18(4)29)21-13-17(3)23(14-21)31-11-7-22(20-8-12-35-15-20)32-25(34)19-5-9-26(27,28)10-6-19/h8,12,15-16,19,21-23,29-31H,3,5-7,9-11,13-14H2,1-2,4H3,(H,32,34)/t21?,22-,23?/m0/s1. The molecule has 1 aromatic heterocycles. The van der Waals surface area contributed by atoms with Crippen molar-refractivity contribution in [3.63, 3.8) is 0 Å². The van der Waals surface area contributed by atoms with Crippen LogP contribution in [0.5, 0.6) is 0 Å². The maximum absolute atomic E-state index is 13.5. The molecule has 1 heterocycles. The summed E-state index contributed by atoms with van der Waals surface area (Å²) in [5.41, 5.74) is 2.10. The van der Waals surface area contributed by atoms with Crippen LogP contribution in [-0.2, 0) is 4.79 Å². The average Bonchev–Trinajstić information content (AvgIpc) is 3.43. The minimum Gasteiger partial charge on any atom is -0.349 e. The Kier molecular flexibility index (Phi) is 9.21. The van der Waals surface area contributed by atoms with Crippen molar-refractivity contribution in [3.05, 3.63) is 34.5 Å². The van der Waals surface area contributed by atoms with Crippen LogP contribution in [0.4, 0.5) is 8.78 Å². The Morgan fingerprint density at radius 1 is 1.31 bits per heavy atom. The van der Waals surface area contributed by atoms with E-state index in [9.17, 15) is 13.6 Å². The first-order valence-electron chi connectivity index (χ1n) is 12.5. The SMILES string of the molecule is C=C1CC(N(C(C)=N)C(=N)C(C)C)CC1NCC[C@H](NC(=O)C1CCC(F)(F)CC1)c1ccsc1. The number of alkyl halides is 2. The maximum Gasteiger partial charge on any atom is 0.248 e. The molecule has 2 fully saturated rings. The molecule has 194 valence electrons. The molecule has 3 rings (SSSR count). The Morgan fingerprint density at radius 2 is 2.00 bits per heavy atom. The van der Waals surface area contributed by atoms with Gasteiger partial charge in [0.2, 0.25) is 11.8 Å². The van der Waals surface area contributed by atoms with E-state index < -0.39 is 5.92 Å². The molecular formula is C26H39F2N5OS. The third-order valence-corrected chi connectivity index (χ3v) is 7.91. The first-order chi connectivity index (χ1) is 16.5. The first kappa shape index (κ1) is 27.5. The molecule has 0 aromatic carbocycles. The highest BCUT2D eigenvalue weighted by molar-refractivity contribution is 7.08. The third kappa shape index (κ3) is 7.19. The van der Waals surface area contributed by atoms with Gasteiger partial charge in [0, 0.05) is 36.8 Å². The summed E-state index contributed by atoms with van der Waals surface area (Å²) in [6.07, 6.45) is 2.20. The summed E-state index contributed by atoms with van der Waals surface area (Å²) >= 11 is 1.57. The van der Waals surface area contributed by atoms with Crippen molar-refractivity contribution in [3.8, 4) is 0 Å². The molecule has 1 amide bonds. The molecule has 0 aliphatic heterocycles. The van der Waals surface area contributed by atoms with Gasteiger partial charge in [-0.2, -0.15) is 11.3 Å². The molecule has 0 bridgehead atoms. The van der Waals surface area contributed by atoms with Gasteiger partial charge in [0.15, 0.2) is 0 Å². The van der Waals surface area contributed by atoms with Gasteiger partial charge >= 0.3 is 0 Å². The van der Waals surface area contributed by atoms with Gasteiger partial charge in [0.25, 0.3) is 0 Å². The zero-order valence-electron chi connectivity index (χ0n) is 21.0. The minimum absolute atomic E-state index is 0.0425. The summed E-state index contributed by atoms with van der Waals surface area (Å²) in [4.78, 5) is 14.7. The van der Waals surface area contributed by atoms with E-state index in [1.165, 1.54) is 0 Å². The molecule has 2 aliphatic carbocycles. The summed E-state index contributed by atoms with van der Waals surface area (Å²) in [6.45, 7) is 10.6. The number of nitrogens with zero attached hydrogens (tertiary/aromatic N) is 1. The number of carbonyl (C=O) groups is 1. The van der Waals surface area contributed by atoms with E-state index in [-0.39, 0.29) is 61.6 Å². The Hall–Kier alpha value is -2.13. The molecule has 1 aromatic rings. The molecular weight excluding hydrogens is 468 g/mol. The fraction of sp³-hybridized carbons (Fsp3) is 0.654. The zero-order valence-corrected chi connectivity index (χ0v) is 21.8. The van der Waals surface area contributed by atoms with Gasteiger partial charge in [-0.05, 0) is 68.0 Å². The van der Waals surface area contributed by atoms with Crippen molar-refractivity contribution >= 4 is 28.9 Å². The fourth-order valence-electron chi connectivity index (χ4n) is 5.11. The van der Waals surface area contributed by atoms with Crippen LogP contribution in [0.1, 0.15) is 77.3 Å². The van der Waals surface area contributed by atoms with Crippen LogP contribution in [0, 0.1) is 22.7 Å². The van der Waals surface area contributed by atoms with Crippen LogP contribution in [0.2, 0.25) is 0 Å². The lowest BCUT2D eigenvalue weighted by molar-refractivity contribution is -0.130. The Morgan fingerprint density at radius 3 is 2.57 bits per heavy atom. The lowest BCUT2D eigenvalue weighted by Gasteiger charge is -2.32. The lowest BCUT2D eigenvalue weighted by atomic mass is 9.86. The second kappa shape index (κ2) is 11.7. The van der Waals surface area contributed by atoms with Crippen molar-refractivity contribution in [2.24, 2.45) is 11.8 Å². The molecule has 2 aliphatic rings. The van der Waals surface area contributed by atoms with E-state index in [2.05, 4.69) is 17.2 Å². The quantitative estimate of drug-likeness (QED) is 0.195. The number of hydrogen-bond donors (Lipinski definition) is 4. The number of rotatable bonds is 9. The molecule has 6 nitrogen and oxygen atoms in total. The van der Waals surface area contributed by atoms with Gasteiger partial charge in [0.1, 0.15) is 5.84 Å². The number of hydrogen-bond acceptors (Lipinski definition) is 5. The maximum atomic E-state index is 13.5. The number of thiophene rings is 1. The van der Waals surface area contributed by atoms with Crippen LogP contribution < -0.4 is 10.6 Å². The lowest BCUT2D eigenvalue weighted by Crippen LogP contribution is -2.44. The summed E-state index contributed by atoms with van der Waals surface area (Å²) < 4.78 is 27.0. The topological polar surface area (TPSA) is 92.1 Å². The summed E-state index contributed by atoms with van der Waals surface area (Å²) in [5.74, 6) is -2.26. The van der Waals surface area contributed by atoms with E-state index >= 15 is 0 Å². The van der Waals surface area contributed by atoms with Crippen LogP contribution in [0.3, 0.4) is 0 Å². The normalized spacial score (nSPS) is 23.3. The van der Waals surface area contributed by atoms with Crippen molar-refractivity contribution in [2.75, 3.05) is 6.54 Å². The van der Waals surface area contributed by atoms with Crippen LogP contribution in [-0.4, -0.2) is 47.0 Å². The zero-order chi connectivity index (χ0) is 25.8. The molecule has 3 atom stereocenters. The number of halogens is 2. The van der Waals surface area contributed by atoms with Gasteiger partial charge in [-0.15, -0.1) is 0 Å². The number of amides is 1. The van der Waals surface area contributed by atoms with Gasteiger partial charge < -0.3 is 15.5 Å². The summed E-state index contributed by atoms with van der Waals surface area (Å²) in [5, 5.41) is 27.3. The molecule has 35 heavy (non-hydrogen) atoms. The van der Waals surface area contributed by atoms with Crippen molar-refractivity contribution < 1.29 is 13.6 Å². The summed E-state index contributed by atoms with van der Waals surface area (Å²) in [7, 11) is 0. The van der Waals surface area contributed by atoms with Gasteiger partial charge in [-0.1, -0.05) is 26.0 Å². The molecule has 0 saturated heterocycles. The highest BCUT2D eigenvalue weighted by Crippen LogP contribution is 2.36. The van der Waals surface area contributed by atoms with E-state index in [0.717, 1.165) is 24.0 Å². The van der Waals surface area contributed by atoms with Gasteiger partial charge in [-0.3, -0.25) is 15.6 Å². The largest absolute Gasteiger partial charge is 0.349 e. The molecule has 2 saturated carbocycles. The average molecular weight is 508 g/mol. The van der Waals surface area contributed by atoms with Gasteiger partial charge in [-0.25, -0.2) is 8.78 Å². The number of nitrogens with one attached hydrogen (secondary N) is 4. The second-order valence-corrected chi connectivity index (χ2v) is 11.1. The van der Waals surface area contributed by atoms with Crippen molar-refractivity contribution in [1.82, 2.24) is 15.5 Å². The Balaban J connectivity index is 1.56. The highest BCUT2D eigenvalue weighted by Gasteiger charge is 2.38. The number of amidine groups is 2. The highest BCUT2D eigenvalue weighted by atomic mass is 32.1. The Bertz CT molecular complexity index is 907. The predicted octanol–water partition coefficient (Wildman–Crippen LogP) is 5.73. The molecule has 0 radical (unpaired) electrons. The Labute approximate surface area is 211 Å². The monoisotopic (exact) mass is 507 g/mol. The predicted molar refractivity (Wildman–Crippen MR) is 138 cm³/mol. The fourth-order valence-corrected chi connectivity index (χ4v) is 5.82. The van der Waals surface area contributed by atoms with Crippen molar-refractivity contribution in [1.29, 1.82) is 10.8 Å². The van der Waals surface area contributed by atoms with E-state index in [4.69, 9.17) is 10.8 Å². The molecule has 2 unspecified atom stereocenters.